The number of nitrogens with one attached hydrogen (secondary N) is 1. The molecule has 2 aromatic rings. The smallest absolute Gasteiger partial charge is 0.251 e. The van der Waals surface area contributed by atoms with Crippen LogP contribution in [0.5, 0.6) is 0 Å². The van der Waals surface area contributed by atoms with Crippen LogP contribution >= 0.6 is 0 Å². The van der Waals surface area contributed by atoms with E-state index < -0.39 is 0 Å². The molecule has 0 atom stereocenters. The van der Waals surface area contributed by atoms with E-state index in [0.29, 0.717) is 11.3 Å². The van der Waals surface area contributed by atoms with Gasteiger partial charge in [0.15, 0.2) is 12.2 Å². The molecular formula is C17H22N2O2. The molecule has 2 rings (SSSR count). The van der Waals surface area contributed by atoms with Gasteiger partial charge in [-0.2, -0.15) is 0 Å². The summed E-state index contributed by atoms with van der Waals surface area (Å²) in [5.74, 6) is 0.697. The molecule has 0 fully saturated rings. The summed E-state index contributed by atoms with van der Waals surface area (Å²) in [4.78, 5) is 16.1. The molecule has 0 unspecified atom stereocenters. The molecule has 0 saturated carbocycles. The fourth-order valence-electron chi connectivity index (χ4n) is 2.40. The highest BCUT2D eigenvalue weighted by Gasteiger charge is 2.12. The Bertz CT molecular complexity index is 541. The zero-order chi connectivity index (χ0) is 15.1. The second-order valence-electron chi connectivity index (χ2n) is 5.19. The molecule has 0 aliphatic rings. The first-order valence-corrected chi connectivity index (χ1v) is 7.54. The summed E-state index contributed by atoms with van der Waals surface area (Å²) in [5, 5.41) is 3.11. The predicted octanol–water partition coefficient (Wildman–Crippen LogP) is 4.04. The van der Waals surface area contributed by atoms with Gasteiger partial charge in [0.25, 0.3) is 5.91 Å². The fraction of sp³-hybridized carbons (Fsp3) is 0.412. The Morgan fingerprint density at radius 1 is 1.19 bits per heavy atom. The number of aromatic nitrogens is 1. The summed E-state index contributed by atoms with van der Waals surface area (Å²) in [6.45, 7) is 4.28. The highest BCUT2D eigenvalue weighted by atomic mass is 16.3. The van der Waals surface area contributed by atoms with Gasteiger partial charge in [-0.3, -0.25) is 4.79 Å². The largest absolute Gasteiger partial charge is 0.444 e. The molecule has 1 heterocycles. The number of carbonyl (C=O) groups is 1. The van der Waals surface area contributed by atoms with Crippen LogP contribution in [0.4, 0.5) is 0 Å². The Labute approximate surface area is 125 Å². The lowest BCUT2D eigenvalue weighted by atomic mass is 10.1. The summed E-state index contributed by atoms with van der Waals surface area (Å²) < 4.78 is 5.24. The highest BCUT2D eigenvalue weighted by molar-refractivity contribution is 5.94. The molecule has 0 spiro atoms. The molecule has 0 radical (unpaired) electrons. The summed E-state index contributed by atoms with van der Waals surface area (Å²) in [7, 11) is 0. The van der Waals surface area contributed by atoms with Gasteiger partial charge in [0.1, 0.15) is 0 Å². The van der Waals surface area contributed by atoms with Crippen molar-refractivity contribution in [3.05, 3.63) is 42.4 Å². The second kappa shape index (κ2) is 7.62. The third-order valence-electron chi connectivity index (χ3n) is 3.47. The molecule has 0 aliphatic heterocycles. The van der Waals surface area contributed by atoms with E-state index in [2.05, 4.69) is 24.1 Å². The van der Waals surface area contributed by atoms with Gasteiger partial charge in [-0.25, -0.2) is 4.98 Å². The predicted molar refractivity (Wildman–Crippen MR) is 83.0 cm³/mol. The first kappa shape index (κ1) is 15.3. The van der Waals surface area contributed by atoms with Crippen molar-refractivity contribution in [2.24, 2.45) is 0 Å². The van der Waals surface area contributed by atoms with Crippen LogP contribution in [-0.4, -0.2) is 16.9 Å². The van der Waals surface area contributed by atoms with Crippen LogP contribution in [-0.2, 0) is 0 Å². The lowest BCUT2D eigenvalue weighted by Crippen LogP contribution is -2.34. The van der Waals surface area contributed by atoms with Crippen molar-refractivity contribution in [2.75, 3.05) is 0 Å². The van der Waals surface area contributed by atoms with Gasteiger partial charge in [0.2, 0.25) is 0 Å². The number of carbonyl (C=O) groups excluding carboxylic acids is 1. The maximum atomic E-state index is 12.3. The molecule has 0 aliphatic carbocycles. The Kier molecular flexibility index (Phi) is 5.55. The molecule has 1 aromatic heterocycles. The molecular weight excluding hydrogens is 264 g/mol. The van der Waals surface area contributed by atoms with Crippen LogP contribution in [0.2, 0.25) is 0 Å². The van der Waals surface area contributed by atoms with Crippen molar-refractivity contribution < 1.29 is 9.21 Å². The second-order valence-corrected chi connectivity index (χ2v) is 5.19. The molecule has 1 amide bonds. The van der Waals surface area contributed by atoms with Crippen molar-refractivity contribution in [2.45, 2.75) is 45.6 Å². The van der Waals surface area contributed by atoms with Crippen LogP contribution in [0, 0.1) is 0 Å². The molecule has 0 saturated heterocycles. The molecule has 4 nitrogen and oxygen atoms in total. The lowest BCUT2D eigenvalue weighted by Gasteiger charge is -2.17. The van der Waals surface area contributed by atoms with E-state index >= 15 is 0 Å². The number of hydrogen-bond donors (Lipinski definition) is 1. The molecule has 4 heteroatoms. The van der Waals surface area contributed by atoms with Crippen LogP contribution in [0.1, 0.15) is 49.9 Å². The van der Waals surface area contributed by atoms with Crippen LogP contribution in [0.15, 0.2) is 41.3 Å². The van der Waals surface area contributed by atoms with Crippen molar-refractivity contribution in [1.82, 2.24) is 10.3 Å². The molecule has 21 heavy (non-hydrogen) atoms. The Balaban J connectivity index is 2.02. The maximum Gasteiger partial charge on any atom is 0.251 e. The number of rotatable bonds is 7. The minimum atomic E-state index is -0.00831. The van der Waals surface area contributed by atoms with Crippen LogP contribution in [0.3, 0.4) is 0 Å². The third-order valence-corrected chi connectivity index (χ3v) is 3.47. The minimum Gasteiger partial charge on any atom is -0.444 e. The monoisotopic (exact) mass is 286 g/mol. The Morgan fingerprint density at radius 3 is 2.38 bits per heavy atom. The fourth-order valence-corrected chi connectivity index (χ4v) is 2.40. The maximum absolute atomic E-state index is 12.3. The lowest BCUT2D eigenvalue weighted by molar-refractivity contribution is 0.0932. The van der Waals surface area contributed by atoms with E-state index in [-0.39, 0.29) is 11.9 Å². The van der Waals surface area contributed by atoms with Crippen LogP contribution < -0.4 is 5.32 Å². The SMILES string of the molecule is CCCC(CCC)NC(=O)c1ccc(-c2cnco2)cc1. The van der Waals surface area contributed by atoms with Crippen molar-refractivity contribution in [3.63, 3.8) is 0 Å². The standard InChI is InChI=1S/C17H22N2O2/c1-3-5-15(6-4-2)19-17(20)14-9-7-13(8-10-14)16-11-18-12-21-16/h7-12,15H,3-6H2,1-2H3,(H,19,20). The van der Waals surface area contributed by atoms with E-state index in [1.807, 2.05) is 24.3 Å². The quantitative estimate of drug-likeness (QED) is 0.835. The summed E-state index contributed by atoms with van der Waals surface area (Å²) in [5.41, 5.74) is 1.60. The van der Waals surface area contributed by atoms with E-state index in [9.17, 15) is 4.79 Å². The van der Waals surface area contributed by atoms with Gasteiger partial charge < -0.3 is 9.73 Å². The van der Waals surface area contributed by atoms with Crippen molar-refractivity contribution in [1.29, 1.82) is 0 Å². The van der Waals surface area contributed by atoms with Gasteiger partial charge in [-0.15, -0.1) is 0 Å². The van der Waals surface area contributed by atoms with E-state index in [0.717, 1.165) is 31.2 Å². The van der Waals surface area contributed by atoms with Crippen LogP contribution in [0.25, 0.3) is 11.3 Å². The van der Waals surface area contributed by atoms with Gasteiger partial charge in [0, 0.05) is 17.2 Å². The van der Waals surface area contributed by atoms with E-state index in [4.69, 9.17) is 4.42 Å². The van der Waals surface area contributed by atoms with E-state index in [1.54, 1.807) is 6.20 Å². The zero-order valence-corrected chi connectivity index (χ0v) is 12.6. The Morgan fingerprint density at radius 2 is 1.86 bits per heavy atom. The first-order chi connectivity index (χ1) is 10.2. The molecule has 0 bridgehead atoms. The molecule has 1 aromatic carbocycles. The molecule has 1 N–H and O–H groups in total. The molecule has 112 valence electrons. The van der Waals surface area contributed by atoms with Gasteiger partial charge in [-0.05, 0) is 25.0 Å². The first-order valence-electron chi connectivity index (χ1n) is 7.54. The zero-order valence-electron chi connectivity index (χ0n) is 12.6. The summed E-state index contributed by atoms with van der Waals surface area (Å²) in [6, 6.07) is 7.67. The normalized spacial score (nSPS) is 10.8. The number of hydrogen-bond acceptors (Lipinski definition) is 3. The van der Waals surface area contributed by atoms with Crippen molar-refractivity contribution in [3.8, 4) is 11.3 Å². The average molecular weight is 286 g/mol. The number of amides is 1. The number of benzene rings is 1. The topological polar surface area (TPSA) is 55.1 Å². The average Bonchev–Trinajstić information content (AvgIpc) is 3.02. The number of nitrogens with zero attached hydrogens (tertiary/aromatic N) is 1. The number of oxazole rings is 1. The summed E-state index contributed by atoms with van der Waals surface area (Å²) >= 11 is 0. The third kappa shape index (κ3) is 4.18. The van der Waals surface area contributed by atoms with E-state index in [1.165, 1.54) is 6.39 Å². The Hall–Kier alpha value is -2.10. The van der Waals surface area contributed by atoms with Gasteiger partial charge >= 0.3 is 0 Å². The summed E-state index contributed by atoms with van der Waals surface area (Å²) in [6.07, 6.45) is 7.26. The highest BCUT2D eigenvalue weighted by Crippen LogP contribution is 2.19. The van der Waals surface area contributed by atoms with Gasteiger partial charge in [0.05, 0.1) is 6.20 Å². The van der Waals surface area contributed by atoms with Gasteiger partial charge in [-0.1, -0.05) is 38.8 Å². The van der Waals surface area contributed by atoms with Crippen molar-refractivity contribution >= 4 is 5.91 Å². The minimum absolute atomic E-state index is 0.00831.